The van der Waals surface area contributed by atoms with Crippen LogP contribution in [0.5, 0.6) is 0 Å². The monoisotopic (exact) mass is 307 g/mol. The molecule has 21 heavy (non-hydrogen) atoms. The average molecular weight is 308 g/mol. The third-order valence-corrected chi connectivity index (χ3v) is 3.22. The summed E-state index contributed by atoms with van der Waals surface area (Å²) in [5, 5.41) is 0.277. The standard InChI is InChI=1S/C16H18ClNO3/c1-4-21-16(20)15(11(2)18-3)14(19)10-13(17)12-8-6-5-7-9-12/h5-10,15H,4H2,1-3H3. The van der Waals surface area contributed by atoms with Crippen molar-refractivity contribution in [1.82, 2.24) is 0 Å². The Labute approximate surface area is 129 Å². The van der Waals surface area contributed by atoms with Crippen molar-refractivity contribution >= 4 is 34.1 Å². The fourth-order valence-corrected chi connectivity index (χ4v) is 1.97. The van der Waals surface area contributed by atoms with Crippen molar-refractivity contribution in [2.75, 3.05) is 13.7 Å². The number of rotatable bonds is 6. The zero-order valence-corrected chi connectivity index (χ0v) is 13.1. The summed E-state index contributed by atoms with van der Waals surface area (Å²) in [5.74, 6) is -2.10. The fraction of sp³-hybridized carbons (Fsp3) is 0.312. The molecule has 1 rings (SSSR count). The van der Waals surface area contributed by atoms with Crippen molar-refractivity contribution in [1.29, 1.82) is 0 Å². The van der Waals surface area contributed by atoms with Crippen LogP contribution in [0.3, 0.4) is 0 Å². The summed E-state index contributed by atoms with van der Waals surface area (Å²) in [5.41, 5.74) is 1.11. The highest BCUT2D eigenvalue weighted by Gasteiger charge is 2.29. The quantitative estimate of drug-likeness (QED) is 0.351. The van der Waals surface area contributed by atoms with Gasteiger partial charge in [0.05, 0.1) is 11.6 Å². The molecule has 0 aliphatic rings. The van der Waals surface area contributed by atoms with E-state index < -0.39 is 17.7 Å². The number of hydrogen-bond donors (Lipinski definition) is 0. The van der Waals surface area contributed by atoms with Crippen LogP contribution in [0.2, 0.25) is 0 Å². The maximum atomic E-state index is 12.3. The smallest absolute Gasteiger partial charge is 0.322 e. The number of ketones is 1. The maximum Gasteiger partial charge on any atom is 0.322 e. The molecule has 1 atom stereocenters. The minimum atomic E-state index is -1.05. The van der Waals surface area contributed by atoms with Gasteiger partial charge in [-0.3, -0.25) is 14.6 Å². The Morgan fingerprint density at radius 1 is 1.33 bits per heavy atom. The van der Waals surface area contributed by atoms with Crippen LogP contribution in [0.15, 0.2) is 41.4 Å². The number of aliphatic imine (C=N–C) groups is 1. The largest absolute Gasteiger partial charge is 0.465 e. The van der Waals surface area contributed by atoms with Gasteiger partial charge in [-0.15, -0.1) is 0 Å². The molecule has 0 fully saturated rings. The lowest BCUT2D eigenvalue weighted by atomic mass is 9.98. The second-order valence-corrected chi connectivity index (χ2v) is 4.72. The Kier molecular flexibility index (Phi) is 6.82. The minimum absolute atomic E-state index is 0.204. The molecule has 0 N–H and O–H groups in total. The van der Waals surface area contributed by atoms with E-state index >= 15 is 0 Å². The Hall–Kier alpha value is -1.94. The first kappa shape index (κ1) is 17.1. The van der Waals surface area contributed by atoms with Crippen molar-refractivity contribution in [3.05, 3.63) is 42.0 Å². The van der Waals surface area contributed by atoms with E-state index in [2.05, 4.69) is 4.99 Å². The molecule has 0 heterocycles. The molecule has 0 aromatic heterocycles. The van der Waals surface area contributed by atoms with E-state index in [0.29, 0.717) is 11.3 Å². The van der Waals surface area contributed by atoms with Crippen LogP contribution in [0.1, 0.15) is 19.4 Å². The first-order valence-corrected chi connectivity index (χ1v) is 6.95. The van der Waals surface area contributed by atoms with Gasteiger partial charge in [0, 0.05) is 18.8 Å². The number of carbonyl (C=O) groups is 2. The molecule has 1 unspecified atom stereocenters. The molecule has 0 aliphatic carbocycles. The van der Waals surface area contributed by atoms with Crippen LogP contribution in [0.25, 0.3) is 5.03 Å². The number of benzene rings is 1. The summed E-state index contributed by atoms with van der Waals surface area (Å²) >= 11 is 6.12. The van der Waals surface area contributed by atoms with E-state index in [1.54, 1.807) is 26.0 Å². The normalized spacial score (nSPS) is 13.7. The lowest BCUT2D eigenvalue weighted by Crippen LogP contribution is -2.31. The van der Waals surface area contributed by atoms with Crippen molar-refractivity contribution in [2.24, 2.45) is 10.9 Å². The van der Waals surface area contributed by atoms with Crippen LogP contribution in [-0.2, 0) is 14.3 Å². The van der Waals surface area contributed by atoms with Crippen molar-refractivity contribution in [3.63, 3.8) is 0 Å². The Balaban J connectivity index is 3.04. The Bertz CT molecular complexity index is 564. The number of ether oxygens (including phenoxy) is 1. The highest BCUT2D eigenvalue weighted by Crippen LogP contribution is 2.20. The van der Waals surface area contributed by atoms with Crippen molar-refractivity contribution in [3.8, 4) is 0 Å². The van der Waals surface area contributed by atoms with E-state index in [4.69, 9.17) is 16.3 Å². The molecule has 0 saturated carbocycles. The van der Waals surface area contributed by atoms with Gasteiger partial charge < -0.3 is 4.74 Å². The van der Waals surface area contributed by atoms with Gasteiger partial charge in [0.15, 0.2) is 11.7 Å². The number of nitrogens with zero attached hydrogens (tertiary/aromatic N) is 1. The molecular weight excluding hydrogens is 290 g/mol. The van der Waals surface area contributed by atoms with Crippen LogP contribution in [0.4, 0.5) is 0 Å². The van der Waals surface area contributed by atoms with Crippen LogP contribution in [-0.4, -0.2) is 31.1 Å². The number of hydrogen-bond acceptors (Lipinski definition) is 4. The topological polar surface area (TPSA) is 55.7 Å². The molecule has 112 valence electrons. The minimum Gasteiger partial charge on any atom is -0.465 e. The van der Waals surface area contributed by atoms with E-state index in [1.807, 2.05) is 18.2 Å². The SMILES string of the molecule is CCOC(=O)C(C(=O)C=C(Cl)c1ccccc1)C(C)=NC. The van der Waals surface area contributed by atoms with Gasteiger partial charge in [0.25, 0.3) is 0 Å². The van der Waals surface area contributed by atoms with Gasteiger partial charge in [0.2, 0.25) is 0 Å². The Morgan fingerprint density at radius 3 is 2.48 bits per heavy atom. The summed E-state index contributed by atoms with van der Waals surface area (Å²) in [6, 6.07) is 9.05. The average Bonchev–Trinajstić information content (AvgIpc) is 2.48. The van der Waals surface area contributed by atoms with E-state index in [-0.39, 0.29) is 11.6 Å². The third-order valence-electron chi connectivity index (χ3n) is 2.90. The van der Waals surface area contributed by atoms with Gasteiger partial charge in [-0.25, -0.2) is 0 Å². The predicted molar refractivity (Wildman–Crippen MR) is 84.4 cm³/mol. The zero-order valence-electron chi connectivity index (χ0n) is 12.3. The molecule has 0 bridgehead atoms. The molecule has 0 aliphatic heterocycles. The number of allylic oxidation sites excluding steroid dienone is 1. The van der Waals surface area contributed by atoms with Crippen LogP contribution < -0.4 is 0 Å². The summed E-state index contributed by atoms with van der Waals surface area (Å²) in [6.45, 7) is 3.50. The van der Waals surface area contributed by atoms with Gasteiger partial charge in [-0.05, 0) is 19.4 Å². The van der Waals surface area contributed by atoms with Gasteiger partial charge in [0.1, 0.15) is 0 Å². The predicted octanol–water partition coefficient (Wildman–Crippen LogP) is 3.11. The summed E-state index contributed by atoms with van der Waals surface area (Å²) in [7, 11) is 1.53. The van der Waals surface area contributed by atoms with Gasteiger partial charge in [-0.1, -0.05) is 41.9 Å². The van der Waals surface area contributed by atoms with Crippen LogP contribution >= 0.6 is 11.6 Å². The van der Waals surface area contributed by atoms with E-state index in [9.17, 15) is 9.59 Å². The third kappa shape index (κ3) is 4.83. The first-order valence-electron chi connectivity index (χ1n) is 6.57. The van der Waals surface area contributed by atoms with Crippen molar-refractivity contribution < 1.29 is 14.3 Å². The highest BCUT2D eigenvalue weighted by atomic mass is 35.5. The van der Waals surface area contributed by atoms with Gasteiger partial charge >= 0.3 is 5.97 Å². The molecule has 0 spiro atoms. The van der Waals surface area contributed by atoms with E-state index in [0.717, 1.165) is 0 Å². The number of esters is 1. The fourth-order valence-electron chi connectivity index (χ4n) is 1.74. The first-order chi connectivity index (χ1) is 10.0. The second-order valence-electron chi connectivity index (χ2n) is 4.31. The second kappa shape index (κ2) is 8.37. The summed E-state index contributed by atoms with van der Waals surface area (Å²) in [6.07, 6.45) is 1.24. The van der Waals surface area contributed by atoms with Crippen LogP contribution in [0, 0.1) is 5.92 Å². The van der Waals surface area contributed by atoms with Crippen molar-refractivity contribution in [2.45, 2.75) is 13.8 Å². The zero-order chi connectivity index (χ0) is 15.8. The molecule has 1 aromatic carbocycles. The lowest BCUT2D eigenvalue weighted by molar-refractivity contribution is -0.147. The van der Waals surface area contributed by atoms with E-state index in [1.165, 1.54) is 13.1 Å². The number of carbonyl (C=O) groups excluding carboxylic acids is 2. The Morgan fingerprint density at radius 2 is 1.95 bits per heavy atom. The summed E-state index contributed by atoms with van der Waals surface area (Å²) in [4.78, 5) is 28.1. The van der Waals surface area contributed by atoms with Gasteiger partial charge in [-0.2, -0.15) is 0 Å². The lowest BCUT2D eigenvalue weighted by Gasteiger charge is -2.12. The molecule has 0 amide bonds. The molecule has 5 heteroatoms. The molecule has 4 nitrogen and oxygen atoms in total. The maximum absolute atomic E-state index is 12.3. The molecule has 0 saturated heterocycles. The highest BCUT2D eigenvalue weighted by molar-refractivity contribution is 6.50. The summed E-state index contributed by atoms with van der Waals surface area (Å²) < 4.78 is 4.92. The molecular formula is C16H18ClNO3. The number of halogens is 1. The molecule has 0 radical (unpaired) electrons. The molecule has 1 aromatic rings.